The molecular weight excluding hydrogens is 610 g/mol. The second-order valence-electron chi connectivity index (χ2n) is 12.1. The molecule has 0 radical (unpaired) electrons. The first-order chi connectivity index (χ1) is 19.9. The largest absolute Gasteiger partial charge is 0.464 e. The monoisotopic (exact) mass is 649 g/mol. The van der Waals surface area contributed by atoms with E-state index in [2.05, 4.69) is 31.7 Å². The van der Waals surface area contributed by atoms with Crippen LogP contribution >= 0.6 is 15.9 Å². The van der Waals surface area contributed by atoms with Crippen LogP contribution in [-0.2, 0) is 23.9 Å². The van der Waals surface area contributed by atoms with Crippen LogP contribution in [0, 0.1) is 5.92 Å². The van der Waals surface area contributed by atoms with E-state index in [4.69, 9.17) is 9.47 Å². The lowest BCUT2D eigenvalue weighted by Crippen LogP contribution is -2.56. The van der Waals surface area contributed by atoms with Crippen molar-refractivity contribution in [2.75, 3.05) is 13.2 Å². The molecule has 4 rings (SSSR count). The number of allylic oxidation sites excluding steroid dienone is 1. The molecule has 5 atom stereocenters. The maximum absolute atomic E-state index is 14.1. The summed E-state index contributed by atoms with van der Waals surface area (Å²) in [5.74, 6) is -1.72. The molecule has 0 aromatic carbocycles. The van der Waals surface area contributed by atoms with Gasteiger partial charge in [0.25, 0.3) is 5.56 Å². The van der Waals surface area contributed by atoms with E-state index < -0.39 is 58.7 Å². The molecule has 0 bridgehead atoms. The van der Waals surface area contributed by atoms with E-state index >= 15 is 0 Å². The Hall–Kier alpha value is -3.22. The first-order valence-electron chi connectivity index (χ1n) is 14.6. The van der Waals surface area contributed by atoms with Crippen LogP contribution in [0.5, 0.6) is 0 Å². The van der Waals surface area contributed by atoms with Gasteiger partial charge in [0.2, 0.25) is 11.8 Å². The Morgan fingerprint density at radius 1 is 1.21 bits per heavy atom. The Bertz CT molecular complexity index is 1290. The van der Waals surface area contributed by atoms with Crippen molar-refractivity contribution in [3.8, 4) is 0 Å². The first-order valence-corrected chi connectivity index (χ1v) is 15.3. The maximum atomic E-state index is 14.1. The predicted molar refractivity (Wildman–Crippen MR) is 156 cm³/mol. The minimum Gasteiger partial charge on any atom is -0.464 e. The number of alkyl carbamates (subject to hydrolysis) is 1. The lowest BCUT2D eigenvalue weighted by atomic mass is 10.0. The summed E-state index contributed by atoms with van der Waals surface area (Å²) in [6.45, 7) is 7.09. The van der Waals surface area contributed by atoms with Gasteiger partial charge in [-0.25, -0.2) is 14.3 Å². The number of aromatic nitrogens is 2. The van der Waals surface area contributed by atoms with Gasteiger partial charge in [-0.3, -0.25) is 14.4 Å². The third kappa shape index (κ3) is 7.22. The zero-order chi connectivity index (χ0) is 30.7. The summed E-state index contributed by atoms with van der Waals surface area (Å²) in [5, 5.41) is 9.83. The highest BCUT2D eigenvalue weighted by Crippen LogP contribution is 2.46. The molecule has 1 aromatic rings. The number of hydrogen-bond donors (Lipinski definition) is 2. The van der Waals surface area contributed by atoms with Gasteiger partial charge in [-0.15, -0.1) is 0 Å². The van der Waals surface area contributed by atoms with Crippen LogP contribution in [-0.4, -0.2) is 74.9 Å². The Morgan fingerprint density at radius 2 is 1.98 bits per heavy atom. The van der Waals surface area contributed by atoms with E-state index in [9.17, 15) is 24.0 Å². The van der Waals surface area contributed by atoms with Gasteiger partial charge >= 0.3 is 12.1 Å². The molecular formula is C29H40BrN5O7. The normalized spacial score (nSPS) is 29.2. The average Bonchev–Trinajstić information content (AvgIpc) is 3.42. The molecule has 1 aromatic heterocycles. The molecule has 42 heavy (non-hydrogen) atoms. The van der Waals surface area contributed by atoms with Crippen molar-refractivity contribution in [1.82, 2.24) is 25.3 Å². The van der Waals surface area contributed by atoms with Crippen molar-refractivity contribution in [2.24, 2.45) is 5.92 Å². The number of rotatable bonds is 4. The summed E-state index contributed by atoms with van der Waals surface area (Å²) in [6, 6.07) is -1.05. The second kappa shape index (κ2) is 13.0. The van der Waals surface area contributed by atoms with E-state index in [-0.39, 0.29) is 25.5 Å². The van der Waals surface area contributed by atoms with E-state index in [1.54, 1.807) is 27.7 Å². The molecule has 1 aliphatic carbocycles. The molecule has 13 heteroatoms. The number of nitrogens with one attached hydrogen (secondary N) is 2. The van der Waals surface area contributed by atoms with Crippen LogP contribution in [0.25, 0.3) is 0 Å². The third-order valence-corrected chi connectivity index (χ3v) is 8.36. The molecule has 3 aliphatic rings. The molecule has 1 saturated carbocycles. The summed E-state index contributed by atoms with van der Waals surface area (Å²) < 4.78 is 12.3. The van der Waals surface area contributed by atoms with Gasteiger partial charge in [-0.2, -0.15) is 5.10 Å². The Kier molecular flexibility index (Phi) is 9.79. The number of amides is 3. The fourth-order valence-corrected chi connectivity index (χ4v) is 5.91. The summed E-state index contributed by atoms with van der Waals surface area (Å²) in [4.78, 5) is 68.1. The Labute approximate surface area is 253 Å². The van der Waals surface area contributed by atoms with E-state index in [0.29, 0.717) is 23.7 Å². The van der Waals surface area contributed by atoms with Gasteiger partial charge in [0.1, 0.15) is 23.2 Å². The molecule has 0 unspecified atom stereocenters. The number of carbonyl (C=O) groups excluding carboxylic acids is 4. The lowest BCUT2D eigenvalue weighted by molar-refractivity contribution is -0.150. The number of ether oxygens (including phenoxy) is 2. The smallest absolute Gasteiger partial charge is 0.408 e. The van der Waals surface area contributed by atoms with Gasteiger partial charge in [0.05, 0.1) is 17.1 Å². The SMILES string of the molecule is CCOC(=O)[C@@]12C[C@H]1/C=C\CCCCC[C@H](NC(=O)OC(C)(C)C)C(=O)N1C[C@H](n3nccc(Br)c3=O)C[C@H]1C(=O)N2. The fourth-order valence-electron chi connectivity index (χ4n) is 5.62. The summed E-state index contributed by atoms with van der Waals surface area (Å²) in [7, 11) is 0. The molecule has 1 saturated heterocycles. The summed E-state index contributed by atoms with van der Waals surface area (Å²) in [5.41, 5.74) is -2.37. The zero-order valence-corrected chi connectivity index (χ0v) is 26.1. The van der Waals surface area contributed by atoms with E-state index in [0.717, 1.165) is 19.3 Å². The standard InChI is InChI=1S/C29H40BrN5O7/c1-5-41-26(39)29-16-18(29)11-9-7-6-8-10-12-21(32-27(40)42-28(2,3)4)25(38)34-17-19(15-22(34)23(36)33-29)35-24(37)20(30)13-14-31-35/h9,11,13-14,18-19,21-22H,5-8,10,12,15-17H2,1-4H3,(H,32,40)(H,33,36)/b11-9-/t18-,19-,21+,22+,29-/m1/s1. The van der Waals surface area contributed by atoms with Gasteiger partial charge in [0.15, 0.2) is 0 Å². The molecule has 12 nitrogen and oxygen atoms in total. The van der Waals surface area contributed by atoms with Crippen molar-refractivity contribution in [3.05, 3.63) is 39.2 Å². The molecule has 2 aliphatic heterocycles. The molecule has 2 N–H and O–H groups in total. The van der Waals surface area contributed by atoms with Crippen LogP contribution < -0.4 is 16.2 Å². The number of esters is 1. The first kappa shape index (κ1) is 31.7. The van der Waals surface area contributed by atoms with Crippen LogP contribution in [0.3, 0.4) is 0 Å². The fraction of sp³-hybridized carbons (Fsp3) is 0.655. The van der Waals surface area contributed by atoms with Crippen molar-refractivity contribution < 1.29 is 28.7 Å². The Morgan fingerprint density at radius 3 is 2.69 bits per heavy atom. The minimum absolute atomic E-state index is 0.0164. The van der Waals surface area contributed by atoms with Crippen molar-refractivity contribution in [2.45, 2.75) is 102 Å². The van der Waals surface area contributed by atoms with Gasteiger partial charge in [-0.1, -0.05) is 25.0 Å². The van der Waals surface area contributed by atoms with E-state index in [1.165, 1.54) is 21.8 Å². The molecule has 230 valence electrons. The molecule has 2 fully saturated rings. The van der Waals surface area contributed by atoms with Crippen molar-refractivity contribution >= 4 is 39.8 Å². The summed E-state index contributed by atoms with van der Waals surface area (Å²) >= 11 is 3.24. The van der Waals surface area contributed by atoms with Crippen LogP contribution in [0.2, 0.25) is 0 Å². The number of carbonyl (C=O) groups is 4. The van der Waals surface area contributed by atoms with Gasteiger partial charge in [0, 0.05) is 25.1 Å². The average molecular weight is 651 g/mol. The van der Waals surface area contributed by atoms with Crippen LogP contribution in [0.15, 0.2) is 33.7 Å². The lowest BCUT2D eigenvalue weighted by Gasteiger charge is -2.30. The topological polar surface area (TPSA) is 149 Å². The highest BCUT2D eigenvalue weighted by molar-refractivity contribution is 9.10. The quantitative estimate of drug-likeness (QED) is 0.373. The summed E-state index contributed by atoms with van der Waals surface area (Å²) in [6.07, 6.45) is 8.67. The van der Waals surface area contributed by atoms with E-state index in [1.807, 2.05) is 12.2 Å². The second-order valence-corrected chi connectivity index (χ2v) is 12.9. The molecule has 0 spiro atoms. The van der Waals surface area contributed by atoms with Crippen LogP contribution in [0.4, 0.5) is 4.79 Å². The van der Waals surface area contributed by atoms with Gasteiger partial charge < -0.3 is 25.0 Å². The number of hydrogen-bond acceptors (Lipinski definition) is 8. The zero-order valence-electron chi connectivity index (χ0n) is 24.6. The predicted octanol–water partition coefficient (Wildman–Crippen LogP) is 3.00. The Balaban J connectivity index is 1.69. The highest BCUT2D eigenvalue weighted by Gasteiger charge is 2.62. The van der Waals surface area contributed by atoms with Crippen LogP contribution in [0.1, 0.15) is 78.7 Å². The molecule has 3 amide bonds. The number of fused-ring (bicyclic) bond motifs is 2. The number of nitrogens with zero attached hydrogens (tertiary/aromatic N) is 3. The van der Waals surface area contributed by atoms with Gasteiger partial charge in [-0.05, 0) is 75.4 Å². The highest BCUT2D eigenvalue weighted by atomic mass is 79.9. The minimum atomic E-state index is -1.21. The third-order valence-electron chi connectivity index (χ3n) is 7.76. The van der Waals surface area contributed by atoms with Crippen molar-refractivity contribution in [3.63, 3.8) is 0 Å². The molecule has 3 heterocycles. The number of halogens is 1. The maximum Gasteiger partial charge on any atom is 0.408 e. The van der Waals surface area contributed by atoms with Crippen molar-refractivity contribution in [1.29, 1.82) is 0 Å².